The Morgan fingerprint density at radius 1 is 1.06 bits per heavy atom. The van der Waals surface area contributed by atoms with Crippen LogP contribution in [0.25, 0.3) is 0 Å². The molecule has 0 aromatic heterocycles. The molecule has 2 aromatic rings. The molecule has 3 unspecified atom stereocenters. The number of likely N-dealkylation sites (N-methyl/N-ethyl adjacent to an activating group) is 1. The van der Waals surface area contributed by atoms with Crippen molar-refractivity contribution in [3.05, 3.63) is 64.7 Å². The quantitative estimate of drug-likeness (QED) is 0.723. The van der Waals surface area contributed by atoms with Crippen LogP contribution in [0.4, 0.5) is 5.69 Å². The number of nitrogens with zero attached hydrogens (tertiary/aromatic N) is 3. The van der Waals surface area contributed by atoms with Crippen LogP contribution in [0.15, 0.2) is 42.5 Å². The van der Waals surface area contributed by atoms with Crippen molar-refractivity contribution in [1.82, 2.24) is 9.80 Å². The summed E-state index contributed by atoms with van der Waals surface area (Å²) in [6.45, 7) is 4.74. The van der Waals surface area contributed by atoms with Gasteiger partial charge in [-0.15, -0.1) is 0 Å². The average molecular weight is 474 g/mol. The van der Waals surface area contributed by atoms with Crippen LogP contribution in [0.3, 0.4) is 0 Å². The highest BCUT2D eigenvalue weighted by Crippen LogP contribution is 2.46. The molecule has 184 valence electrons. The smallest absolute Gasteiger partial charge is 0.264 e. The van der Waals surface area contributed by atoms with Crippen molar-refractivity contribution in [3.8, 4) is 0 Å². The van der Waals surface area contributed by atoms with Gasteiger partial charge in [0, 0.05) is 50.1 Å². The van der Waals surface area contributed by atoms with Gasteiger partial charge in [0.1, 0.15) is 5.78 Å². The van der Waals surface area contributed by atoms with Gasteiger partial charge in [0.15, 0.2) is 5.60 Å². The number of carbonyl (C=O) groups is 2. The number of aliphatic hydroxyl groups is 1. The Balaban J connectivity index is 1.21. The van der Waals surface area contributed by atoms with Crippen molar-refractivity contribution in [2.24, 2.45) is 0 Å². The molecule has 3 aliphatic heterocycles. The molecule has 1 aliphatic carbocycles. The fraction of sp³-hybridized carbons (Fsp3) is 0.517. The van der Waals surface area contributed by atoms with E-state index in [2.05, 4.69) is 35.0 Å². The van der Waals surface area contributed by atoms with Gasteiger partial charge in [0.25, 0.3) is 5.91 Å². The van der Waals surface area contributed by atoms with Crippen molar-refractivity contribution in [2.75, 3.05) is 31.6 Å². The minimum atomic E-state index is -1.74. The molecule has 4 aliphatic rings. The number of fused-ring (bicyclic) bond motifs is 1. The lowest BCUT2D eigenvalue weighted by Crippen LogP contribution is -2.53. The minimum absolute atomic E-state index is 0.0362. The van der Waals surface area contributed by atoms with Crippen LogP contribution in [0, 0.1) is 0 Å². The summed E-state index contributed by atoms with van der Waals surface area (Å²) in [6.07, 6.45) is 4.13. The van der Waals surface area contributed by atoms with Crippen molar-refractivity contribution in [2.45, 2.75) is 69.2 Å². The van der Waals surface area contributed by atoms with E-state index in [4.69, 9.17) is 0 Å². The molecule has 3 atom stereocenters. The van der Waals surface area contributed by atoms with Crippen LogP contribution >= 0.6 is 0 Å². The topological polar surface area (TPSA) is 64.1 Å². The number of hydrogen-bond acceptors (Lipinski definition) is 5. The normalized spacial score (nSPS) is 28.9. The third kappa shape index (κ3) is 3.49. The van der Waals surface area contributed by atoms with Crippen LogP contribution in [0.5, 0.6) is 0 Å². The predicted octanol–water partition coefficient (Wildman–Crippen LogP) is 3.21. The first-order chi connectivity index (χ1) is 16.9. The van der Waals surface area contributed by atoms with E-state index in [0.29, 0.717) is 24.1 Å². The Hall–Kier alpha value is -2.54. The fourth-order valence-corrected chi connectivity index (χ4v) is 7.13. The SMILES string of the molecule is CCC(=O)CC1(O)C(=O)N(C2CCN(C3Cc4cccc5c4C3N(C)CC5)CC2)c2ccccc21. The van der Waals surface area contributed by atoms with E-state index < -0.39 is 5.60 Å². The minimum Gasteiger partial charge on any atom is -0.375 e. The summed E-state index contributed by atoms with van der Waals surface area (Å²) in [6, 6.07) is 15.2. The molecular weight excluding hydrogens is 438 g/mol. The zero-order chi connectivity index (χ0) is 24.3. The molecule has 0 radical (unpaired) electrons. The maximum atomic E-state index is 13.6. The molecule has 3 heterocycles. The number of likely N-dealkylation sites (tertiary alicyclic amines) is 1. The van der Waals surface area contributed by atoms with Crippen molar-refractivity contribution in [1.29, 1.82) is 0 Å². The van der Waals surface area contributed by atoms with Gasteiger partial charge in [-0.25, -0.2) is 0 Å². The standard InChI is InChI=1S/C29H35N3O3/c1-3-22(33)18-29(35)23-9-4-5-10-24(23)32(28(29)34)21-12-15-31(16-13-21)25-17-20-8-6-7-19-11-14-30(2)27(25)26(19)20/h4-10,21,25,27,35H,3,11-18H2,1-2H3. The van der Waals surface area contributed by atoms with Gasteiger partial charge in [-0.2, -0.15) is 0 Å². The average Bonchev–Trinajstić information content (AvgIpc) is 3.37. The largest absolute Gasteiger partial charge is 0.375 e. The number of hydrogen-bond donors (Lipinski definition) is 1. The summed E-state index contributed by atoms with van der Waals surface area (Å²) >= 11 is 0. The molecule has 6 rings (SSSR count). The molecule has 0 spiro atoms. The number of rotatable bonds is 5. The summed E-state index contributed by atoms with van der Waals surface area (Å²) in [5.41, 5.74) is 4.19. The van der Waals surface area contributed by atoms with E-state index in [0.717, 1.165) is 51.0 Å². The molecule has 6 heteroatoms. The lowest BCUT2D eigenvalue weighted by atomic mass is 9.89. The van der Waals surface area contributed by atoms with Gasteiger partial charge < -0.3 is 10.0 Å². The molecular formula is C29H35N3O3. The number of piperidine rings is 1. The van der Waals surface area contributed by atoms with Gasteiger partial charge in [0.2, 0.25) is 0 Å². The van der Waals surface area contributed by atoms with E-state index in [1.807, 2.05) is 23.1 Å². The van der Waals surface area contributed by atoms with E-state index in [-0.39, 0.29) is 24.2 Å². The van der Waals surface area contributed by atoms with Gasteiger partial charge in [-0.05, 0) is 55.5 Å². The highest BCUT2D eigenvalue weighted by atomic mass is 16.3. The Morgan fingerprint density at radius 2 is 1.80 bits per heavy atom. The molecule has 0 bridgehead atoms. The first-order valence-electron chi connectivity index (χ1n) is 13.1. The maximum Gasteiger partial charge on any atom is 0.264 e. The van der Waals surface area contributed by atoms with E-state index in [1.54, 1.807) is 18.6 Å². The summed E-state index contributed by atoms with van der Waals surface area (Å²) in [5, 5.41) is 11.4. The van der Waals surface area contributed by atoms with Crippen LogP contribution in [0.2, 0.25) is 0 Å². The van der Waals surface area contributed by atoms with Gasteiger partial charge in [-0.1, -0.05) is 43.3 Å². The molecule has 1 fully saturated rings. The van der Waals surface area contributed by atoms with Crippen LogP contribution in [-0.4, -0.2) is 65.4 Å². The van der Waals surface area contributed by atoms with E-state index in [9.17, 15) is 14.7 Å². The maximum absolute atomic E-state index is 13.6. The molecule has 35 heavy (non-hydrogen) atoms. The summed E-state index contributed by atoms with van der Waals surface area (Å²) < 4.78 is 0. The second kappa shape index (κ2) is 8.54. The molecule has 2 aromatic carbocycles. The number of carbonyl (C=O) groups excluding carboxylic acids is 2. The zero-order valence-corrected chi connectivity index (χ0v) is 20.7. The second-order valence-electron chi connectivity index (χ2n) is 10.8. The number of ketones is 1. The van der Waals surface area contributed by atoms with Gasteiger partial charge in [0.05, 0.1) is 11.7 Å². The first kappa shape index (κ1) is 22.9. The summed E-state index contributed by atoms with van der Waals surface area (Å²) in [4.78, 5) is 32.8. The Morgan fingerprint density at radius 3 is 2.57 bits per heavy atom. The number of Topliss-reactive ketones (excluding diaryl/α,β-unsaturated/α-hetero) is 1. The number of para-hydroxylation sites is 1. The van der Waals surface area contributed by atoms with E-state index in [1.165, 1.54) is 11.1 Å². The molecule has 6 nitrogen and oxygen atoms in total. The summed E-state index contributed by atoms with van der Waals surface area (Å²) in [5.74, 6) is -0.423. The fourth-order valence-electron chi connectivity index (χ4n) is 7.13. The number of benzene rings is 2. The van der Waals surface area contributed by atoms with E-state index >= 15 is 0 Å². The molecule has 1 amide bonds. The third-order valence-corrected chi connectivity index (χ3v) is 8.95. The lowest BCUT2D eigenvalue weighted by Gasteiger charge is -2.44. The highest BCUT2D eigenvalue weighted by Gasteiger charge is 2.53. The van der Waals surface area contributed by atoms with Gasteiger partial charge >= 0.3 is 0 Å². The monoisotopic (exact) mass is 473 g/mol. The Bertz CT molecular complexity index is 1170. The number of anilines is 1. The van der Waals surface area contributed by atoms with Crippen LogP contribution in [0.1, 0.15) is 60.9 Å². The Kier molecular flexibility index (Phi) is 5.59. The van der Waals surface area contributed by atoms with Crippen LogP contribution in [-0.2, 0) is 28.0 Å². The third-order valence-electron chi connectivity index (χ3n) is 8.95. The number of amides is 1. The zero-order valence-electron chi connectivity index (χ0n) is 20.7. The first-order valence-corrected chi connectivity index (χ1v) is 13.1. The lowest BCUT2D eigenvalue weighted by molar-refractivity contribution is -0.142. The summed E-state index contributed by atoms with van der Waals surface area (Å²) in [7, 11) is 2.26. The Labute approximate surface area is 207 Å². The second-order valence-corrected chi connectivity index (χ2v) is 10.8. The van der Waals surface area contributed by atoms with Crippen molar-refractivity contribution < 1.29 is 14.7 Å². The highest BCUT2D eigenvalue weighted by molar-refractivity contribution is 6.09. The van der Waals surface area contributed by atoms with Gasteiger partial charge in [-0.3, -0.25) is 19.4 Å². The van der Waals surface area contributed by atoms with Crippen LogP contribution < -0.4 is 4.90 Å². The molecule has 0 saturated carbocycles. The van der Waals surface area contributed by atoms with Crippen molar-refractivity contribution in [3.63, 3.8) is 0 Å². The molecule has 1 N–H and O–H groups in total. The van der Waals surface area contributed by atoms with Crippen molar-refractivity contribution >= 4 is 17.4 Å². The predicted molar refractivity (Wildman–Crippen MR) is 135 cm³/mol. The molecule has 1 saturated heterocycles.